The molecule has 1 N–H and O–H groups in total. The lowest BCUT2D eigenvalue weighted by Crippen LogP contribution is -2.31. The molecule has 0 fully saturated rings. The van der Waals surface area contributed by atoms with E-state index in [1.165, 1.54) is 0 Å². The van der Waals surface area contributed by atoms with Crippen molar-refractivity contribution >= 4 is 23.2 Å². The number of nitrogens with one attached hydrogen (secondary N) is 1. The minimum atomic E-state index is -0.0820. The number of carbonyl (C=O) groups is 2. The van der Waals surface area contributed by atoms with Crippen molar-refractivity contribution in [2.45, 2.75) is 33.2 Å². The first-order valence-corrected chi connectivity index (χ1v) is 10.3. The van der Waals surface area contributed by atoms with Gasteiger partial charge in [0.05, 0.1) is 13.0 Å². The summed E-state index contributed by atoms with van der Waals surface area (Å²) >= 11 is 0. The first-order chi connectivity index (χ1) is 14.5. The molecule has 0 bridgehead atoms. The number of benzene rings is 3. The topological polar surface area (TPSA) is 49.4 Å². The molecule has 2 amide bonds. The van der Waals surface area contributed by atoms with Crippen LogP contribution in [-0.2, 0) is 22.6 Å². The fraction of sp³-hybridized carbons (Fsp3) is 0.231. The second kappa shape index (κ2) is 10.4. The molecule has 3 aromatic carbocycles. The van der Waals surface area contributed by atoms with E-state index >= 15 is 0 Å². The van der Waals surface area contributed by atoms with Gasteiger partial charge in [-0.15, -0.1) is 0 Å². The molecule has 30 heavy (non-hydrogen) atoms. The van der Waals surface area contributed by atoms with Gasteiger partial charge in [-0.1, -0.05) is 74.5 Å². The molecular formula is C26H28N2O2. The van der Waals surface area contributed by atoms with Gasteiger partial charge in [-0.2, -0.15) is 0 Å². The van der Waals surface area contributed by atoms with Crippen LogP contribution in [0.4, 0.5) is 11.4 Å². The van der Waals surface area contributed by atoms with Gasteiger partial charge in [-0.3, -0.25) is 9.59 Å². The van der Waals surface area contributed by atoms with Gasteiger partial charge in [0.1, 0.15) is 0 Å². The lowest BCUT2D eigenvalue weighted by molar-refractivity contribution is -0.119. The monoisotopic (exact) mass is 400 g/mol. The number of anilines is 2. The zero-order chi connectivity index (χ0) is 21.3. The van der Waals surface area contributed by atoms with Gasteiger partial charge in [-0.25, -0.2) is 0 Å². The molecule has 0 spiro atoms. The number of hydrogen-bond acceptors (Lipinski definition) is 2. The first-order valence-electron chi connectivity index (χ1n) is 10.3. The number of para-hydroxylation sites is 1. The summed E-state index contributed by atoms with van der Waals surface area (Å²) in [6.45, 7) is 4.60. The third-order valence-electron chi connectivity index (χ3n) is 4.71. The Morgan fingerprint density at radius 3 is 2.13 bits per heavy atom. The van der Waals surface area contributed by atoms with Crippen molar-refractivity contribution in [3.63, 3.8) is 0 Å². The van der Waals surface area contributed by atoms with Crippen LogP contribution in [0.5, 0.6) is 0 Å². The molecule has 0 aliphatic heterocycles. The van der Waals surface area contributed by atoms with Crippen molar-refractivity contribution in [2.24, 2.45) is 5.92 Å². The van der Waals surface area contributed by atoms with E-state index in [1.807, 2.05) is 104 Å². The molecular weight excluding hydrogens is 372 g/mol. The van der Waals surface area contributed by atoms with Crippen LogP contribution < -0.4 is 10.2 Å². The molecule has 0 saturated carbocycles. The van der Waals surface area contributed by atoms with E-state index in [9.17, 15) is 9.59 Å². The van der Waals surface area contributed by atoms with Gasteiger partial charge >= 0.3 is 0 Å². The van der Waals surface area contributed by atoms with Gasteiger partial charge < -0.3 is 10.2 Å². The number of hydrogen-bond donors (Lipinski definition) is 1. The molecule has 0 radical (unpaired) electrons. The Hall–Kier alpha value is -3.40. The Morgan fingerprint density at radius 2 is 1.47 bits per heavy atom. The highest BCUT2D eigenvalue weighted by molar-refractivity contribution is 5.94. The average Bonchev–Trinajstić information content (AvgIpc) is 2.73. The second-order valence-corrected chi connectivity index (χ2v) is 7.82. The Balaban J connectivity index is 1.78. The SMILES string of the molecule is CC(C)CC(=O)N(Cc1ccccc1)c1cccc(CC(=O)Nc2ccccc2)c1. The molecule has 3 rings (SSSR count). The highest BCUT2D eigenvalue weighted by atomic mass is 16.2. The Labute approximate surface area is 178 Å². The van der Waals surface area contributed by atoms with Crippen LogP contribution in [-0.4, -0.2) is 11.8 Å². The maximum atomic E-state index is 13.0. The molecule has 0 heterocycles. The quantitative estimate of drug-likeness (QED) is 0.547. The molecule has 3 aromatic rings. The predicted octanol–water partition coefficient (Wildman–Crippen LogP) is 5.45. The smallest absolute Gasteiger partial charge is 0.228 e. The van der Waals surface area contributed by atoms with Crippen molar-refractivity contribution < 1.29 is 9.59 Å². The summed E-state index contributed by atoms with van der Waals surface area (Å²) in [5, 5.41) is 2.91. The van der Waals surface area contributed by atoms with E-state index in [0.29, 0.717) is 13.0 Å². The van der Waals surface area contributed by atoms with Crippen LogP contribution in [0.2, 0.25) is 0 Å². The third-order valence-corrected chi connectivity index (χ3v) is 4.71. The van der Waals surface area contributed by atoms with E-state index in [0.717, 1.165) is 22.5 Å². The van der Waals surface area contributed by atoms with E-state index in [4.69, 9.17) is 0 Å². The fourth-order valence-electron chi connectivity index (χ4n) is 3.30. The molecule has 4 nitrogen and oxygen atoms in total. The number of amides is 2. The second-order valence-electron chi connectivity index (χ2n) is 7.82. The van der Waals surface area contributed by atoms with Crippen LogP contribution in [0.3, 0.4) is 0 Å². The van der Waals surface area contributed by atoms with Crippen molar-refractivity contribution in [3.05, 3.63) is 96.1 Å². The van der Waals surface area contributed by atoms with Crippen molar-refractivity contribution in [1.29, 1.82) is 0 Å². The lowest BCUT2D eigenvalue weighted by Gasteiger charge is -2.24. The van der Waals surface area contributed by atoms with Crippen LogP contribution in [0.25, 0.3) is 0 Å². The predicted molar refractivity (Wildman–Crippen MR) is 122 cm³/mol. The Bertz CT molecular complexity index is 969. The van der Waals surface area contributed by atoms with E-state index in [1.54, 1.807) is 0 Å². The van der Waals surface area contributed by atoms with Gasteiger partial charge in [-0.05, 0) is 41.3 Å². The zero-order valence-corrected chi connectivity index (χ0v) is 17.5. The zero-order valence-electron chi connectivity index (χ0n) is 17.5. The summed E-state index contributed by atoms with van der Waals surface area (Å²) in [6.07, 6.45) is 0.728. The highest BCUT2D eigenvalue weighted by Crippen LogP contribution is 2.22. The average molecular weight is 401 g/mol. The number of rotatable bonds is 8. The standard InChI is InChI=1S/C26H28N2O2/c1-20(2)16-26(30)28(19-21-10-5-3-6-11-21)24-15-9-12-22(17-24)18-25(29)27-23-13-7-4-8-14-23/h3-15,17,20H,16,18-19H2,1-2H3,(H,27,29). The molecule has 0 unspecified atom stereocenters. The van der Waals surface area contributed by atoms with Crippen LogP contribution >= 0.6 is 0 Å². The van der Waals surface area contributed by atoms with E-state index in [-0.39, 0.29) is 24.2 Å². The van der Waals surface area contributed by atoms with E-state index < -0.39 is 0 Å². The molecule has 4 heteroatoms. The summed E-state index contributed by atoms with van der Waals surface area (Å²) < 4.78 is 0. The van der Waals surface area contributed by atoms with Gasteiger partial charge in [0.25, 0.3) is 0 Å². The molecule has 0 aliphatic rings. The molecule has 0 saturated heterocycles. The molecule has 0 atom stereocenters. The largest absolute Gasteiger partial charge is 0.326 e. The van der Waals surface area contributed by atoms with Crippen LogP contribution in [0, 0.1) is 5.92 Å². The van der Waals surface area contributed by atoms with Crippen molar-refractivity contribution in [1.82, 2.24) is 0 Å². The summed E-state index contributed by atoms with van der Waals surface area (Å²) in [5.41, 5.74) is 3.53. The van der Waals surface area contributed by atoms with Gasteiger partial charge in [0.2, 0.25) is 11.8 Å². The van der Waals surface area contributed by atoms with Gasteiger partial charge in [0.15, 0.2) is 0 Å². The van der Waals surface area contributed by atoms with Crippen molar-refractivity contribution in [3.8, 4) is 0 Å². The minimum Gasteiger partial charge on any atom is -0.326 e. The Kier molecular flexibility index (Phi) is 7.39. The third kappa shape index (κ3) is 6.31. The molecule has 154 valence electrons. The summed E-state index contributed by atoms with van der Waals surface area (Å²) in [6, 6.07) is 27.1. The lowest BCUT2D eigenvalue weighted by atomic mass is 10.1. The van der Waals surface area contributed by atoms with E-state index in [2.05, 4.69) is 5.32 Å². The minimum absolute atomic E-state index is 0.0820. The molecule has 0 aliphatic carbocycles. The normalized spacial score (nSPS) is 10.6. The van der Waals surface area contributed by atoms with Crippen molar-refractivity contribution in [2.75, 3.05) is 10.2 Å². The van der Waals surface area contributed by atoms with Crippen LogP contribution in [0.1, 0.15) is 31.4 Å². The summed E-state index contributed by atoms with van der Waals surface area (Å²) in [5.74, 6) is 0.275. The maximum absolute atomic E-state index is 13.0. The Morgan fingerprint density at radius 1 is 0.833 bits per heavy atom. The number of carbonyl (C=O) groups excluding carboxylic acids is 2. The first kappa shape index (κ1) is 21.3. The van der Waals surface area contributed by atoms with Crippen LogP contribution in [0.15, 0.2) is 84.9 Å². The number of nitrogens with zero attached hydrogens (tertiary/aromatic N) is 1. The molecule has 0 aromatic heterocycles. The van der Waals surface area contributed by atoms with Gasteiger partial charge in [0, 0.05) is 17.8 Å². The highest BCUT2D eigenvalue weighted by Gasteiger charge is 2.18. The maximum Gasteiger partial charge on any atom is 0.228 e. The summed E-state index contributed by atoms with van der Waals surface area (Å²) in [4.78, 5) is 27.2. The fourth-order valence-corrected chi connectivity index (χ4v) is 3.30. The summed E-state index contributed by atoms with van der Waals surface area (Å²) in [7, 11) is 0.